The first kappa shape index (κ1) is 12.7. The van der Waals surface area contributed by atoms with Crippen molar-refractivity contribution in [2.24, 2.45) is 0 Å². The van der Waals surface area contributed by atoms with E-state index in [0.717, 1.165) is 0 Å². The number of para-hydroxylation sites is 1. The summed E-state index contributed by atoms with van der Waals surface area (Å²) in [5.41, 5.74) is 1.22. The zero-order chi connectivity index (χ0) is 14.3. The van der Waals surface area contributed by atoms with Crippen LogP contribution in [0.25, 0.3) is 11.0 Å². The maximum atomic E-state index is 12.2. The lowest BCUT2D eigenvalue weighted by atomic mass is 10.2. The van der Waals surface area contributed by atoms with Gasteiger partial charge in [-0.15, -0.1) is 5.10 Å². The first-order chi connectivity index (χ1) is 9.46. The van der Waals surface area contributed by atoms with Crippen LogP contribution in [0.15, 0.2) is 24.3 Å². The molecule has 1 saturated heterocycles. The van der Waals surface area contributed by atoms with Gasteiger partial charge in [0.05, 0.1) is 11.9 Å². The van der Waals surface area contributed by atoms with Crippen molar-refractivity contribution >= 4 is 22.9 Å². The lowest BCUT2D eigenvalue weighted by Gasteiger charge is -2.14. The molecule has 7 nitrogen and oxygen atoms in total. The van der Waals surface area contributed by atoms with Gasteiger partial charge in [-0.2, -0.15) is 4.68 Å². The molecule has 0 bridgehead atoms. The summed E-state index contributed by atoms with van der Waals surface area (Å²) < 4.78 is 11.6. The molecule has 1 fully saturated rings. The van der Waals surface area contributed by atoms with Crippen LogP contribution in [-0.4, -0.2) is 38.8 Å². The van der Waals surface area contributed by atoms with Crippen LogP contribution in [0.4, 0.5) is 0 Å². The first-order valence-electron chi connectivity index (χ1n) is 6.20. The Kier molecular flexibility index (Phi) is 2.79. The minimum Gasteiger partial charge on any atom is -0.432 e. The highest BCUT2D eigenvalue weighted by Crippen LogP contribution is 2.26. The summed E-state index contributed by atoms with van der Waals surface area (Å²) in [7, 11) is 0. The molecule has 20 heavy (non-hydrogen) atoms. The number of nitrogens with zero attached hydrogens (tertiary/aromatic N) is 3. The number of cyclic esters (lactones) is 1. The molecule has 0 unspecified atom stereocenters. The van der Waals surface area contributed by atoms with Crippen molar-refractivity contribution in [2.45, 2.75) is 32.2 Å². The van der Waals surface area contributed by atoms with Crippen LogP contribution in [0.1, 0.15) is 25.1 Å². The number of carbonyl (C=O) groups excluding carboxylic acids is 2. The lowest BCUT2D eigenvalue weighted by molar-refractivity contribution is -0.160. The molecule has 0 radical (unpaired) electrons. The molecule has 1 aliphatic rings. The lowest BCUT2D eigenvalue weighted by Crippen LogP contribution is -2.26. The number of esters is 1. The SMILES string of the molecule is CC1(C)OC(=O)[C@H](CC(=O)n2nnc3ccccc32)O1. The zero-order valence-electron chi connectivity index (χ0n) is 11.1. The zero-order valence-corrected chi connectivity index (χ0v) is 11.1. The molecular weight excluding hydrogens is 262 g/mol. The predicted octanol–water partition coefficient (Wildman–Crippen LogP) is 1.14. The summed E-state index contributed by atoms with van der Waals surface area (Å²) in [6.45, 7) is 3.25. The Hall–Kier alpha value is -2.28. The number of ether oxygens (including phenoxy) is 2. The van der Waals surface area contributed by atoms with E-state index in [2.05, 4.69) is 10.3 Å². The highest BCUT2D eigenvalue weighted by molar-refractivity contribution is 5.92. The number of benzene rings is 1. The van der Waals surface area contributed by atoms with Crippen LogP contribution in [0, 0.1) is 0 Å². The van der Waals surface area contributed by atoms with Crippen molar-refractivity contribution in [3.63, 3.8) is 0 Å². The molecule has 0 N–H and O–H groups in total. The van der Waals surface area contributed by atoms with Crippen LogP contribution in [0.2, 0.25) is 0 Å². The van der Waals surface area contributed by atoms with Crippen molar-refractivity contribution in [1.82, 2.24) is 15.0 Å². The number of rotatable bonds is 2. The summed E-state index contributed by atoms with van der Waals surface area (Å²) in [4.78, 5) is 23.8. The number of hydrogen-bond donors (Lipinski definition) is 0. The van der Waals surface area contributed by atoms with Gasteiger partial charge in [0.25, 0.3) is 5.91 Å². The number of hydrogen-bond acceptors (Lipinski definition) is 6. The van der Waals surface area contributed by atoms with Crippen LogP contribution < -0.4 is 0 Å². The molecule has 0 aliphatic carbocycles. The molecule has 7 heteroatoms. The smallest absolute Gasteiger partial charge is 0.338 e. The molecule has 1 aromatic heterocycles. The maximum absolute atomic E-state index is 12.2. The number of carbonyl (C=O) groups is 2. The summed E-state index contributed by atoms with van der Waals surface area (Å²) >= 11 is 0. The molecular formula is C13H13N3O4. The van der Waals surface area contributed by atoms with Crippen molar-refractivity contribution in [1.29, 1.82) is 0 Å². The van der Waals surface area contributed by atoms with Crippen molar-refractivity contribution in [2.75, 3.05) is 0 Å². The fourth-order valence-corrected chi connectivity index (χ4v) is 2.15. The normalized spacial score (nSPS) is 21.1. The van der Waals surface area contributed by atoms with E-state index >= 15 is 0 Å². The Bertz CT molecular complexity index is 692. The Balaban J connectivity index is 1.82. The van der Waals surface area contributed by atoms with Crippen LogP contribution >= 0.6 is 0 Å². The van der Waals surface area contributed by atoms with E-state index < -0.39 is 17.9 Å². The Morgan fingerprint density at radius 1 is 1.40 bits per heavy atom. The third-order valence-electron chi connectivity index (χ3n) is 2.98. The Labute approximate surface area is 114 Å². The van der Waals surface area contributed by atoms with E-state index in [4.69, 9.17) is 9.47 Å². The predicted molar refractivity (Wildman–Crippen MR) is 67.8 cm³/mol. The monoisotopic (exact) mass is 275 g/mol. The molecule has 1 aliphatic heterocycles. The van der Waals surface area contributed by atoms with Gasteiger partial charge in [0.15, 0.2) is 6.10 Å². The summed E-state index contributed by atoms with van der Waals surface area (Å²) in [6.07, 6.45) is -1.03. The fraction of sp³-hybridized carbons (Fsp3) is 0.385. The number of fused-ring (bicyclic) bond motifs is 1. The molecule has 2 aromatic rings. The van der Waals surface area contributed by atoms with Gasteiger partial charge in [-0.05, 0) is 12.1 Å². The van der Waals surface area contributed by atoms with Crippen LogP contribution in [-0.2, 0) is 14.3 Å². The van der Waals surface area contributed by atoms with Crippen LogP contribution in [0.5, 0.6) is 0 Å². The first-order valence-corrected chi connectivity index (χ1v) is 6.20. The molecule has 0 saturated carbocycles. The van der Waals surface area contributed by atoms with Gasteiger partial charge >= 0.3 is 5.97 Å². The second-order valence-electron chi connectivity index (χ2n) is 5.02. The second-order valence-corrected chi connectivity index (χ2v) is 5.02. The maximum Gasteiger partial charge on any atom is 0.338 e. The summed E-state index contributed by atoms with van der Waals surface area (Å²) in [6, 6.07) is 7.10. The molecule has 2 heterocycles. The van der Waals surface area contributed by atoms with Gasteiger partial charge in [-0.1, -0.05) is 17.3 Å². The van der Waals surface area contributed by atoms with Gasteiger partial charge in [-0.25, -0.2) is 4.79 Å². The van der Waals surface area contributed by atoms with E-state index in [0.29, 0.717) is 11.0 Å². The van der Waals surface area contributed by atoms with E-state index in [1.165, 1.54) is 4.68 Å². The van der Waals surface area contributed by atoms with Gasteiger partial charge in [-0.3, -0.25) is 4.79 Å². The Morgan fingerprint density at radius 3 is 2.85 bits per heavy atom. The molecule has 1 atom stereocenters. The van der Waals surface area contributed by atoms with Gasteiger partial charge < -0.3 is 9.47 Å². The van der Waals surface area contributed by atoms with Gasteiger partial charge in [0, 0.05) is 13.8 Å². The fourth-order valence-electron chi connectivity index (χ4n) is 2.15. The van der Waals surface area contributed by atoms with E-state index in [-0.39, 0.29) is 12.3 Å². The third-order valence-corrected chi connectivity index (χ3v) is 2.98. The molecule has 3 rings (SSSR count). The van der Waals surface area contributed by atoms with Gasteiger partial charge in [0.1, 0.15) is 5.52 Å². The standard InChI is InChI=1S/C13H13N3O4/c1-13(2)19-10(12(18)20-13)7-11(17)16-9-6-4-3-5-8(9)14-15-16/h3-6,10H,7H2,1-2H3/t10-/m0/s1. The van der Waals surface area contributed by atoms with Crippen molar-refractivity contribution in [3.05, 3.63) is 24.3 Å². The number of aromatic nitrogens is 3. The third kappa shape index (κ3) is 2.16. The highest BCUT2D eigenvalue weighted by Gasteiger charge is 2.42. The van der Waals surface area contributed by atoms with Gasteiger partial charge in [0.2, 0.25) is 5.79 Å². The average Bonchev–Trinajstić information content (AvgIpc) is 2.90. The Morgan fingerprint density at radius 2 is 2.15 bits per heavy atom. The highest BCUT2D eigenvalue weighted by atomic mass is 16.8. The van der Waals surface area contributed by atoms with E-state index in [1.807, 2.05) is 6.07 Å². The molecule has 1 aromatic carbocycles. The minimum atomic E-state index is -0.994. The summed E-state index contributed by atoms with van der Waals surface area (Å²) in [5, 5.41) is 7.71. The minimum absolute atomic E-state index is 0.129. The topological polar surface area (TPSA) is 83.3 Å². The molecule has 0 amide bonds. The van der Waals surface area contributed by atoms with Crippen molar-refractivity contribution in [3.8, 4) is 0 Å². The van der Waals surface area contributed by atoms with E-state index in [1.54, 1.807) is 32.0 Å². The molecule has 0 spiro atoms. The molecule has 104 valence electrons. The van der Waals surface area contributed by atoms with Crippen LogP contribution in [0.3, 0.4) is 0 Å². The summed E-state index contributed by atoms with van der Waals surface area (Å²) in [5.74, 6) is -1.89. The quantitative estimate of drug-likeness (QED) is 0.764. The largest absolute Gasteiger partial charge is 0.432 e. The van der Waals surface area contributed by atoms with E-state index in [9.17, 15) is 9.59 Å². The average molecular weight is 275 g/mol. The van der Waals surface area contributed by atoms with Crippen molar-refractivity contribution < 1.29 is 19.1 Å². The second kappa shape index (κ2) is 4.38.